The third-order valence-electron chi connectivity index (χ3n) is 1.37. The van der Waals surface area contributed by atoms with Crippen molar-refractivity contribution in [3.63, 3.8) is 0 Å². The summed E-state index contributed by atoms with van der Waals surface area (Å²) in [5, 5.41) is 25.6. The van der Waals surface area contributed by atoms with Crippen molar-refractivity contribution in [2.45, 2.75) is 12.5 Å². The highest BCUT2D eigenvalue weighted by Gasteiger charge is 2.30. The normalized spacial score (nSPS) is 14.8. The first-order valence-electron chi connectivity index (χ1n) is 3.25. The van der Waals surface area contributed by atoms with Crippen molar-refractivity contribution >= 4 is 11.9 Å². The summed E-state index contributed by atoms with van der Waals surface area (Å²) in [5.74, 6) is -4.20. The van der Waals surface area contributed by atoms with E-state index in [0.29, 0.717) is 0 Å². The van der Waals surface area contributed by atoms with Crippen molar-refractivity contribution < 1.29 is 24.9 Å². The zero-order valence-corrected chi connectivity index (χ0v) is 6.30. The summed E-state index contributed by atoms with van der Waals surface area (Å²) < 4.78 is 0. The summed E-state index contributed by atoms with van der Waals surface area (Å²) in [7, 11) is 0. The molecule has 0 unspecified atom stereocenters. The molecule has 0 radical (unpaired) electrons. The standard InChI is InChI=1S/C7H10O5/c1-2-3-4(6(9)10)5(8)7(11)12/h2,4-5,8H,1,3H2,(H,9,10)(H,11,12)/t4-,5+/m1/s1. The van der Waals surface area contributed by atoms with Gasteiger partial charge in [-0.3, -0.25) is 4.79 Å². The van der Waals surface area contributed by atoms with Crippen molar-refractivity contribution in [3.05, 3.63) is 12.7 Å². The van der Waals surface area contributed by atoms with Crippen LogP contribution >= 0.6 is 0 Å². The number of aliphatic hydroxyl groups is 1. The molecule has 0 aromatic heterocycles. The molecule has 3 N–H and O–H groups in total. The second kappa shape index (κ2) is 4.50. The minimum atomic E-state index is -1.87. The Bertz CT molecular complexity index is 198. The molecule has 0 heterocycles. The first kappa shape index (κ1) is 10.6. The van der Waals surface area contributed by atoms with Gasteiger partial charge in [0.25, 0.3) is 0 Å². The maximum atomic E-state index is 10.4. The lowest BCUT2D eigenvalue weighted by Crippen LogP contribution is -2.34. The number of hydrogen-bond donors (Lipinski definition) is 3. The van der Waals surface area contributed by atoms with E-state index in [1.54, 1.807) is 0 Å². The largest absolute Gasteiger partial charge is 0.481 e. The topological polar surface area (TPSA) is 94.8 Å². The summed E-state index contributed by atoms with van der Waals surface area (Å²) in [5.41, 5.74) is 0. The zero-order valence-electron chi connectivity index (χ0n) is 6.30. The molecule has 0 saturated carbocycles. The maximum Gasteiger partial charge on any atom is 0.333 e. The van der Waals surface area contributed by atoms with Gasteiger partial charge >= 0.3 is 11.9 Å². The Balaban J connectivity index is 4.38. The average Bonchev–Trinajstić information content (AvgIpc) is 1.98. The third kappa shape index (κ3) is 2.71. The zero-order chi connectivity index (χ0) is 9.72. The summed E-state index contributed by atoms with van der Waals surface area (Å²) in [4.78, 5) is 20.5. The van der Waals surface area contributed by atoms with Crippen LogP contribution in [-0.2, 0) is 9.59 Å². The van der Waals surface area contributed by atoms with Gasteiger partial charge in [-0.1, -0.05) is 6.08 Å². The smallest absolute Gasteiger partial charge is 0.333 e. The van der Waals surface area contributed by atoms with Crippen molar-refractivity contribution in [3.8, 4) is 0 Å². The number of carbonyl (C=O) groups is 2. The van der Waals surface area contributed by atoms with E-state index in [-0.39, 0.29) is 6.42 Å². The van der Waals surface area contributed by atoms with Crippen molar-refractivity contribution in [2.75, 3.05) is 0 Å². The average molecular weight is 174 g/mol. The molecule has 0 aliphatic carbocycles. The number of allylic oxidation sites excluding steroid dienone is 1. The van der Waals surface area contributed by atoms with Gasteiger partial charge in [0.1, 0.15) is 0 Å². The predicted octanol–water partition coefficient (Wildman–Crippen LogP) is -0.291. The number of hydrogen-bond acceptors (Lipinski definition) is 3. The highest BCUT2D eigenvalue weighted by molar-refractivity contribution is 5.81. The van der Waals surface area contributed by atoms with E-state index in [1.165, 1.54) is 6.08 Å². The van der Waals surface area contributed by atoms with E-state index in [1.807, 2.05) is 0 Å². The van der Waals surface area contributed by atoms with Crippen LogP contribution in [0.1, 0.15) is 6.42 Å². The Morgan fingerprint density at radius 1 is 1.33 bits per heavy atom. The van der Waals surface area contributed by atoms with Gasteiger partial charge in [0.2, 0.25) is 0 Å². The van der Waals surface area contributed by atoms with Crippen LogP contribution in [-0.4, -0.2) is 33.4 Å². The third-order valence-corrected chi connectivity index (χ3v) is 1.37. The molecule has 12 heavy (non-hydrogen) atoms. The maximum absolute atomic E-state index is 10.4. The van der Waals surface area contributed by atoms with Crippen LogP contribution in [0, 0.1) is 5.92 Å². The van der Waals surface area contributed by atoms with Crippen molar-refractivity contribution in [2.24, 2.45) is 5.92 Å². The van der Waals surface area contributed by atoms with E-state index in [4.69, 9.17) is 15.3 Å². The van der Waals surface area contributed by atoms with Crippen molar-refractivity contribution in [1.29, 1.82) is 0 Å². The van der Waals surface area contributed by atoms with Crippen LogP contribution in [0.15, 0.2) is 12.7 Å². The number of rotatable bonds is 5. The lowest BCUT2D eigenvalue weighted by atomic mass is 9.99. The molecule has 68 valence electrons. The Morgan fingerprint density at radius 3 is 2.08 bits per heavy atom. The van der Waals surface area contributed by atoms with Gasteiger partial charge in [-0.05, 0) is 6.42 Å². The van der Waals surface area contributed by atoms with Gasteiger partial charge < -0.3 is 15.3 Å². The Kier molecular flexibility index (Phi) is 3.99. The fraction of sp³-hybridized carbons (Fsp3) is 0.429. The predicted molar refractivity (Wildman–Crippen MR) is 39.6 cm³/mol. The highest BCUT2D eigenvalue weighted by atomic mass is 16.4. The first-order valence-corrected chi connectivity index (χ1v) is 3.25. The molecule has 0 bridgehead atoms. The quantitative estimate of drug-likeness (QED) is 0.498. The second-order valence-electron chi connectivity index (χ2n) is 2.25. The molecule has 0 aromatic rings. The lowest BCUT2D eigenvalue weighted by Gasteiger charge is -2.12. The molecule has 0 fully saturated rings. The van der Waals surface area contributed by atoms with Gasteiger partial charge in [-0.2, -0.15) is 0 Å². The summed E-state index contributed by atoms with van der Waals surface area (Å²) in [6.07, 6.45) is -0.686. The monoisotopic (exact) mass is 174 g/mol. The van der Waals surface area contributed by atoms with E-state index < -0.39 is 24.0 Å². The minimum absolute atomic E-state index is 0.0667. The molecule has 0 spiro atoms. The van der Waals surface area contributed by atoms with Crippen molar-refractivity contribution in [1.82, 2.24) is 0 Å². The summed E-state index contributed by atoms with van der Waals surface area (Å²) >= 11 is 0. The number of carboxylic acid groups (broad SMARTS) is 2. The van der Waals surface area contributed by atoms with Crippen LogP contribution in [0.3, 0.4) is 0 Å². The fourth-order valence-corrected chi connectivity index (χ4v) is 0.716. The fourth-order valence-electron chi connectivity index (χ4n) is 0.716. The van der Waals surface area contributed by atoms with Gasteiger partial charge in [0, 0.05) is 0 Å². The van der Waals surface area contributed by atoms with E-state index in [2.05, 4.69) is 6.58 Å². The van der Waals surface area contributed by atoms with Crippen LogP contribution in [0.5, 0.6) is 0 Å². The Morgan fingerprint density at radius 2 is 1.83 bits per heavy atom. The SMILES string of the molecule is C=CC[C@@H](C(=O)O)[C@H](O)C(=O)O. The number of aliphatic hydroxyl groups excluding tert-OH is 1. The van der Waals surface area contributed by atoms with Gasteiger partial charge in [0.15, 0.2) is 6.10 Å². The molecule has 0 saturated heterocycles. The number of aliphatic carboxylic acids is 2. The van der Waals surface area contributed by atoms with Crippen LogP contribution in [0.2, 0.25) is 0 Å². The van der Waals surface area contributed by atoms with Crippen LogP contribution < -0.4 is 0 Å². The van der Waals surface area contributed by atoms with Gasteiger partial charge in [-0.15, -0.1) is 6.58 Å². The Labute approximate surface area is 68.9 Å². The molecule has 0 aromatic carbocycles. The molecule has 2 atom stereocenters. The van der Waals surface area contributed by atoms with Gasteiger partial charge in [0.05, 0.1) is 5.92 Å². The molecule has 0 aliphatic heterocycles. The lowest BCUT2D eigenvalue weighted by molar-refractivity contribution is -0.159. The molecular weight excluding hydrogens is 164 g/mol. The molecule has 5 nitrogen and oxygen atoms in total. The molecule has 0 rings (SSSR count). The van der Waals surface area contributed by atoms with Crippen LogP contribution in [0.4, 0.5) is 0 Å². The van der Waals surface area contributed by atoms with E-state index in [0.717, 1.165) is 0 Å². The summed E-state index contributed by atoms with van der Waals surface area (Å²) in [6.45, 7) is 3.26. The molecular formula is C7H10O5. The first-order chi connectivity index (χ1) is 5.50. The minimum Gasteiger partial charge on any atom is -0.481 e. The van der Waals surface area contributed by atoms with Gasteiger partial charge in [-0.25, -0.2) is 4.79 Å². The molecule has 0 amide bonds. The van der Waals surface area contributed by atoms with E-state index in [9.17, 15) is 9.59 Å². The van der Waals surface area contributed by atoms with E-state index >= 15 is 0 Å². The molecule has 5 heteroatoms. The second-order valence-corrected chi connectivity index (χ2v) is 2.25. The molecule has 0 aliphatic rings. The Hall–Kier alpha value is -1.36. The number of carboxylic acids is 2. The van der Waals surface area contributed by atoms with Crippen LogP contribution in [0.25, 0.3) is 0 Å². The summed E-state index contributed by atoms with van der Waals surface area (Å²) in [6, 6.07) is 0. The highest BCUT2D eigenvalue weighted by Crippen LogP contribution is 2.10.